The fourth-order valence-electron chi connectivity index (χ4n) is 11.5. The van der Waals surface area contributed by atoms with Crippen LogP contribution in [0.15, 0.2) is 11.3 Å². The molecule has 9 unspecified atom stereocenters. The average molecular weight is 503 g/mol. The Bertz CT molecular complexity index is 995. The summed E-state index contributed by atoms with van der Waals surface area (Å²) in [7, 11) is 0. The van der Waals surface area contributed by atoms with Gasteiger partial charge < -0.3 is 14.6 Å². The Morgan fingerprint density at radius 2 is 1.81 bits per heavy atom. The summed E-state index contributed by atoms with van der Waals surface area (Å²) in [6.45, 7) is 14.2. The maximum Gasteiger partial charge on any atom is 0.303 e. The number of carbonyl (C=O) groups is 1. The molecule has 36 heavy (non-hydrogen) atoms. The number of halogens is 1. The molecule has 1 aliphatic heterocycles. The Morgan fingerprint density at radius 3 is 2.47 bits per heavy atom. The van der Waals surface area contributed by atoms with Gasteiger partial charge in [-0.05, 0) is 116 Å². The van der Waals surface area contributed by atoms with Crippen molar-refractivity contribution < 1.29 is 23.8 Å². The zero-order chi connectivity index (χ0) is 26.1. The van der Waals surface area contributed by atoms with E-state index in [1.54, 1.807) is 13.8 Å². The molecule has 6 rings (SSSR count). The lowest BCUT2D eigenvalue weighted by Crippen LogP contribution is -2.53. The topological polar surface area (TPSA) is 55.8 Å². The van der Waals surface area contributed by atoms with E-state index in [9.17, 15) is 9.90 Å². The molecule has 0 radical (unpaired) electrons. The summed E-state index contributed by atoms with van der Waals surface area (Å²) in [5.74, 6) is 3.20. The number of rotatable bonds is 3. The molecule has 1 heterocycles. The molecule has 1 N–H and O–H groups in total. The van der Waals surface area contributed by atoms with Gasteiger partial charge in [-0.1, -0.05) is 27.7 Å². The first-order chi connectivity index (χ1) is 16.7. The second-order valence-corrected chi connectivity index (χ2v) is 14.9. The Morgan fingerprint density at radius 1 is 1.08 bits per heavy atom. The van der Waals surface area contributed by atoms with Crippen LogP contribution in [0.25, 0.3) is 0 Å². The van der Waals surface area contributed by atoms with Gasteiger partial charge in [0.05, 0.1) is 11.4 Å². The lowest BCUT2D eigenvalue weighted by atomic mass is 9.46. The Hall–Kier alpha value is -1.10. The predicted octanol–water partition coefficient (Wildman–Crippen LogP) is 6.75. The molecule has 4 nitrogen and oxygen atoms in total. The fourth-order valence-corrected chi connectivity index (χ4v) is 11.5. The van der Waals surface area contributed by atoms with Crippen molar-refractivity contribution in [1.82, 2.24) is 0 Å². The van der Waals surface area contributed by atoms with Crippen LogP contribution in [-0.2, 0) is 14.3 Å². The second kappa shape index (κ2) is 7.51. The van der Waals surface area contributed by atoms with Gasteiger partial charge in [0.1, 0.15) is 12.3 Å². The normalized spacial score (nSPS) is 49.5. The van der Waals surface area contributed by atoms with Crippen molar-refractivity contribution in [2.24, 2.45) is 45.3 Å². The maximum absolute atomic E-state index is 15.1. The van der Waals surface area contributed by atoms with Crippen LogP contribution in [-0.4, -0.2) is 35.1 Å². The average Bonchev–Trinajstić information content (AvgIpc) is 3.17. The summed E-state index contributed by atoms with van der Waals surface area (Å²) in [5.41, 5.74) is 0.993. The number of esters is 1. The van der Waals surface area contributed by atoms with Crippen molar-refractivity contribution in [1.29, 1.82) is 0 Å². The van der Waals surface area contributed by atoms with Crippen molar-refractivity contribution in [2.75, 3.05) is 0 Å². The molecule has 2 spiro atoms. The summed E-state index contributed by atoms with van der Waals surface area (Å²) in [4.78, 5) is 11.8. The summed E-state index contributed by atoms with van der Waals surface area (Å²) in [6.07, 6.45) is 7.71. The highest BCUT2D eigenvalue weighted by Crippen LogP contribution is 2.89. The van der Waals surface area contributed by atoms with Crippen molar-refractivity contribution >= 4 is 5.97 Å². The summed E-state index contributed by atoms with van der Waals surface area (Å²) in [5, 5.41) is 10.8. The molecule has 202 valence electrons. The van der Waals surface area contributed by atoms with E-state index >= 15 is 4.39 Å². The molecule has 4 saturated carbocycles. The lowest BCUT2D eigenvalue weighted by molar-refractivity contribution is -0.177. The minimum Gasteiger partial charge on any atom is -0.491 e. The molecule has 5 aliphatic carbocycles. The van der Waals surface area contributed by atoms with E-state index in [0.717, 1.165) is 44.3 Å². The van der Waals surface area contributed by atoms with E-state index in [1.165, 1.54) is 31.8 Å². The number of fused-ring (bicyclic) bond motifs is 3. The van der Waals surface area contributed by atoms with E-state index in [-0.39, 0.29) is 22.9 Å². The molecular weight excluding hydrogens is 455 g/mol. The van der Waals surface area contributed by atoms with Gasteiger partial charge in [-0.2, -0.15) is 0 Å². The third-order valence-electron chi connectivity index (χ3n) is 13.0. The van der Waals surface area contributed by atoms with Crippen LogP contribution < -0.4 is 0 Å². The van der Waals surface area contributed by atoms with E-state index in [0.29, 0.717) is 34.5 Å². The van der Waals surface area contributed by atoms with Crippen molar-refractivity contribution in [3.8, 4) is 0 Å². The van der Waals surface area contributed by atoms with Gasteiger partial charge >= 0.3 is 5.97 Å². The number of hydrogen-bond donors (Lipinski definition) is 1. The molecule has 0 aromatic rings. The number of carbonyl (C=O) groups excluding carboxylic acids is 1. The van der Waals surface area contributed by atoms with Crippen LogP contribution in [0.5, 0.6) is 0 Å². The molecule has 0 amide bonds. The van der Waals surface area contributed by atoms with Gasteiger partial charge in [0.15, 0.2) is 6.10 Å². The highest BCUT2D eigenvalue weighted by atomic mass is 19.1. The van der Waals surface area contributed by atoms with Gasteiger partial charge in [0.25, 0.3) is 0 Å². The third-order valence-corrected chi connectivity index (χ3v) is 13.0. The zero-order valence-corrected chi connectivity index (χ0v) is 23.5. The van der Waals surface area contributed by atoms with Gasteiger partial charge in [-0.15, -0.1) is 0 Å². The molecule has 5 heteroatoms. The van der Waals surface area contributed by atoms with Gasteiger partial charge in [0, 0.05) is 13.3 Å². The van der Waals surface area contributed by atoms with Crippen LogP contribution in [0.2, 0.25) is 0 Å². The minimum atomic E-state index is -1.16. The largest absolute Gasteiger partial charge is 0.491 e. The quantitative estimate of drug-likeness (QED) is 0.434. The minimum absolute atomic E-state index is 0.172. The first kappa shape index (κ1) is 25.2. The van der Waals surface area contributed by atoms with Crippen molar-refractivity contribution in [3.05, 3.63) is 11.3 Å². The Balaban J connectivity index is 1.28. The highest BCUT2D eigenvalue weighted by molar-refractivity contribution is 5.66. The smallest absolute Gasteiger partial charge is 0.303 e. The van der Waals surface area contributed by atoms with Crippen LogP contribution >= 0.6 is 0 Å². The van der Waals surface area contributed by atoms with Crippen molar-refractivity contribution in [3.63, 3.8) is 0 Å². The number of ether oxygens (including phenoxy) is 2. The van der Waals surface area contributed by atoms with Gasteiger partial charge in [-0.25, -0.2) is 4.39 Å². The standard InChI is InChI=1S/C31H47FO4/c1-17-30-15-14-29(7)20-8-10-22(26(28(5,6)34)35-18(2)33)36-23(20)16-21(29)19(30)9-11-24-27(3,4)25(32)12-13-31(17,24)30/h17,19,21-22,24-26,34H,8-16H2,1-7H3/t17-,19?,21?,22?,24?,25?,26?,29?,30?,31?/m0/s1. The molecular formula is C31H47FO4. The molecule has 4 fully saturated rings. The summed E-state index contributed by atoms with van der Waals surface area (Å²) >= 11 is 0. The first-order valence-electron chi connectivity index (χ1n) is 14.6. The van der Waals surface area contributed by atoms with Crippen LogP contribution in [0.4, 0.5) is 4.39 Å². The molecule has 0 aromatic carbocycles. The maximum atomic E-state index is 15.1. The van der Waals surface area contributed by atoms with E-state index in [1.807, 2.05) is 0 Å². The van der Waals surface area contributed by atoms with Crippen LogP contribution in [0, 0.1) is 45.3 Å². The molecule has 0 bridgehead atoms. The summed E-state index contributed by atoms with van der Waals surface area (Å²) in [6, 6.07) is 0. The Labute approximate surface area is 216 Å². The predicted molar refractivity (Wildman–Crippen MR) is 137 cm³/mol. The van der Waals surface area contributed by atoms with E-state index < -0.39 is 17.9 Å². The fraction of sp³-hybridized carbons (Fsp3) is 0.903. The van der Waals surface area contributed by atoms with Crippen LogP contribution in [0.1, 0.15) is 106 Å². The molecule has 6 aliphatic rings. The second-order valence-electron chi connectivity index (χ2n) is 14.9. The number of allylic oxidation sites excluding steroid dienone is 2. The monoisotopic (exact) mass is 502 g/mol. The number of alkyl halides is 1. The Kier molecular flexibility index (Phi) is 5.26. The highest BCUT2D eigenvalue weighted by Gasteiger charge is 2.84. The SMILES string of the molecule is CC(=O)OC(C1CCC2=C(CC3C4CCC5C(C)(C)C(F)CCC56[C@@H](C)C46CCC23C)O1)C(C)(C)O. The third kappa shape index (κ3) is 2.93. The molecule has 10 atom stereocenters. The van der Waals surface area contributed by atoms with Crippen LogP contribution in [0.3, 0.4) is 0 Å². The van der Waals surface area contributed by atoms with E-state index in [4.69, 9.17) is 9.47 Å². The lowest BCUT2D eigenvalue weighted by Gasteiger charge is -2.58. The molecule has 0 aromatic heterocycles. The zero-order valence-electron chi connectivity index (χ0n) is 23.5. The molecule has 0 saturated heterocycles. The number of aliphatic hydroxyl groups is 1. The van der Waals surface area contributed by atoms with Crippen molar-refractivity contribution in [2.45, 2.75) is 130 Å². The first-order valence-corrected chi connectivity index (χ1v) is 14.6. The number of hydrogen-bond acceptors (Lipinski definition) is 4. The van der Waals surface area contributed by atoms with Gasteiger partial charge in [-0.3, -0.25) is 4.79 Å². The van der Waals surface area contributed by atoms with Gasteiger partial charge in [0.2, 0.25) is 0 Å². The van der Waals surface area contributed by atoms with E-state index in [2.05, 4.69) is 27.7 Å². The summed E-state index contributed by atoms with van der Waals surface area (Å²) < 4.78 is 27.4.